The number of ether oxygens (including phenoxy) is 1. The number of phenols is 1. The first-order chi connectivity index (χ1) is 12.2. The fourth-order valence-electron chi connectivity index (χ4n) is 1.95. The molecule has 10 heteroatoms. The molecule has 2 aromatic rings. The Balaban J connectivity index is 2.21. The first-order valence-corrected chi connectivity index (χ1v) is 8.92. The number of halogens is 3. The summed E-state index contributed by atoms with van der Waals surface area (Å²) >= 11 is 12.3. The number of esters is 1. The molecule has 0 aromatic heterocycles. The fourth-order valence-corrected chi connectivity index (χ4v) is 3.42. The van der Waals surface area contributed by atoms with Crippen LogP contribution in [0, 0.1) is 0 Å². The van der Waals surface area contributed by atoms with E-state index < -0.39 is 17.9 Å². The van der Waals surface area contributed by atoms with E-state index in [0.717, 1.165) is 0 Å². The molecule has 0 aliphatic rings. The molecule has 0 saturated carbocycles. The maximum Gasteiger partial charge on any atom is 0.326 e. The molecule has 0 aliphatic heterocycles. The van der Waals surface area contributed by atoms with Gasteiger partial charge in [-0.2, -0.15) is 0 Å². The molecule has 136 valence electrons. The van der Waals surface area contributed by atoms with Gasteiger partial charge in [-0.05, 0) is 40.2 Å². The van der Waals surface area contributed by atoms with Gasteiger partial charge in [0.05, 0.1) is 15.2 Å². The topological polar surface area (TPSA) is 105 Å². The van der Waals surface area contributed by atoms with Gasteiger partial charge in [-0.25, -0.2) is 4.79 Å². The van der Waals surface area contributed by atoms with Crippen LogP contribution in [0.4, 0.5) is 10.5 Å². The van der Waals surface area contributed by atoms with Crippen molar-refractivity contribution in [2.24, 2.45) is 0 Å². The Hall–Kier alpha value is -2.10. The van der Waals surface area contributed by atoms with Gasteiger partial charge in [0.2, 0.25) is 0 Å². The molecule has 2 aromatic carbocycles. The summed E-state index contributed by atoms with van der Waals surface area (Å²) in [6, 6.07) is 6.40. The Morgan fingerprint density at radius 1 is 1.19 bits per heavy atom. The van der Waals surface area contributed by atoms with Crippen LogP contribution in [0.15, 0.2) is 39.3 Å². The van der Waals surface area contributed by atoms with Crippen LogP contribution >= 0.6 is 43.5 Å². The lowest BCUT2D eigenvalue weighted by atomic mass is 10.2. The van der Waals surface area contributed by atoms with Crippen LogP contribution in [-0.2, 0) is 4.79 Å². The lowest BCUT2D eigenvalue weighted by Crippen LogP contribution is -2.34. The summed E-state index contributed by atoms with van der Waals surface area (Å²) < 4.78 is 5.86. The number of hydrogen-bond donors (Lipinski definition) is 3. The summed E-state index contributed by atoms with van der Waals surface area (Å²) in [5, 5.41) is 14.3. The van der Waals surface area contributed by atoms with E-state index in [2.05, 4.69) is 42.5 Å². The van der Waals surface area contributed by atoms with Crippen LogP contribution in [0.3, 0.4) is 0 Å². The van der Waals surface area contributed by atoms with E-state index in [4.69, 9.17) is 16.3 Å². The predicted molar refractivity (Wildman–Crippen MR) is 103 cm³/mol. The van der Waals surface area contributed by atoms with Crippen molar-refractivity contribution in [3.05, 3.63) is 49.9 Å². The minimum Gasteiger partial charge on any atom is -0.505 e. The zero-order valence-electron chi connectivity index (χ0n) is 13.1. The molecule has 0 spiro atoms. The molecule has 0 fully saturated rings. The number of rotatable bonds is 3. The highest BCUT2D eigenvalue weighted by atomic mass is 79.9. The highest BCUT2D eigenvalue weighted by Crippen LogP contribution is 2.35. The van der Waals surface area contributed by atoms with Gasteiger partial charge in [-0.15, -0.1) is 0 Å². The standard InChI is InChI=1S/C16H11Br2ClN2O5/c1-7(22)26-12-4-2-3-10(19)13(12)15(24)21-16(25)20-11-6-8(17)5-9(18)14(11)23/h2-6,23H,1H3,(H2,20,21,24,25). The van der Waals surface area contributed by atoms with Crippen LogP contribution in [0.1, 0.15) is 17.3 Å². The SMILES string of the molecule is CC(=O)Oc1cccc(Cl)c1C(=O)NC(=O)Nc1cc(Br)cc(Br)c1O. The number of hydrogen-bond acceptors (Lipinski definition) is 5. The van der Waals surface area contributed by atoms with E-state index in [9.17, 15) is 19.5 Å². The third-order valence-electron chi connectivity index (χ3n) is 2.96. The van der Waals surface area contributed by atoms with E-state index in [1.807, 2.05) is 0 Å². The molecule has 2 rings (SSSR count). The van der Waals surface area contributed by atoms with Gasteiger partial charge < -0.3 is 15.2 Å². The van der Waals surface area contributed by atoms with E-state index in [-0.39, 0.29) is 27.8 Å². The van der Waals surface area contributed by atoms with Crippen molar-refractivity contribution in [1.82, 2.24) is 5.32 Å². The number of imide groups is 1. The van der Waals surface area contributed by atoms with Crippen LogP contribution < -0.4 is 15.4 Å². The zero-order valence-corrected chi connectivity index (χ0v) is 17.0. The third-order valence-corrected chi connectivity index (χ3v) is 4.34. The second kappa shape index (κ2) is 8.52. The van der Waals surface area contributed by atoms with Gasteiger partial charge in [0, 0.05) is 11.4 Å². The van der Waals surface area contributed by atoms with Gasteiger partial charge in [0.1, 0.15) is 11.3 Å². The average Bonchev–Trinajstić information content (AvgIpc) is 2.51. The fraction of sp³-hybridized carbons (Fsp3) is 0.0625. The van der Waals surface area contributed by atoms with Crippen LogP contribution in [0.2, 0.25) is 5.02 Å². The number of urea groups is 1. The molecule has 0 saturated heterocycles. The molecule has 0 unspecified atom stereocenters. The maximum absolute atomic E-state index is 12.4. The number of benzene rings is 2. The number of aromatic hydroxyl groups is 1. The Kier molecular flexibility index (Phi) is 6.63. The molecule has 0 heterocycles. The summed E-state index contributed by atoms with van der Waals surface area (Å²) in [5.41, 5.74) is -0.102. The Labute approximate surface area is 169 Å². The molecular weight excluding hydrogens is 495 g/mol. The summed E-state index contributed by atoms with van der Waals surface area (Å²) in [7, 11) is 0. The number of nitrogens with one attached hydrogen (secondary N) is 2. The van der Waals surface area contributed by atoms with E-state index in [0.29, 0.717) is 8.95 Å². The number of carbonyl (C=O) groups excluding carboxylic acids is 3. The predicted octanol–water partition coefficient (Wildman–Crippen LogP) is 4.46. The van der Waals surface area contributed by atoms with Gasteiger partial charge in [-0.1, -0.05) is 33.6 Å². The molecule has 7 nitrogen and oxygen atoms in total. The number of carbonyl (C=O) groups is 3. The minimum atomic E-state index is -0.913. The smallest absolute Gasteiger partial charge is 0.326 e. The van der Waals surface area contributed by atoms with Crippen molar-refractivity contribution in [1.29, 1.82) is 0 Å². The molecule has 3 N–H and O–H groups in total. The Morgan fingerprint density at radius 3 is 2.54 bits per heavy atom. The van der Waals surface area contributed by atoms with Crippen molar-refractivity contribution in [3.63, 3.8) is 0 Å². The molecule has 26 heavy (non-hydrogen) atoms. The Bertz CT molecular complexity index is 904. The van der Waals surface area contributed by atoms with Crippen molar-refractivity contribution < 1.29 is 24.2 Å². The van der Waals surface area contributed by atoms with E-state index in [1.54, 1.807) is 6.07 Å². The molecule has 0 bridgehead atoms. The maximum atomic E-state index is 12.4. The number of anilines is 1. The summed E-state index contributed by atoms with van der Waals surface area (Å²) in [5.74, 6) is -1.81. The van der Waals surface area contributed by atoms with Crippen molar-refractivity contribution >= 4 is 67.1 Å². The quantitative estimate of drug-likeness (QED) is 0.324. The number of amides is 3. The lowest BCUT2D eigenvalue weighted by molar-refractivity contribution is -0.131. The van der Waals surface area contributed by atoms with Crippen molar-refractivity contribution in [2.45, 2.75) is 6.92 Å². The van der Waals surface area contributed by atoms with Gasteiger partial charge in [0.15, 0.2) is 5.75 Å². The second-order valence-electron chi connectivity index (χ2n) is 4.90. The normalized spacial score (nSPS) is 10.2. The highest BCUT2D eigenvalue weighted by molar-refractivity contribution is 9.11. The minimum absolute atomic E-state index is 0.00194. The Morgan fingerprint density at radius 2 is 1.88 bits per heavy atom. The highest BCUT2D eigenvalue weighted by Gasteiger charge is 2.21. The first kappa shape index (κ1) is 20.2. The lowest BCUT2D eigenvalue weighted by Gasteiger charge is -2.12. The second-order valence-corrected chi connectivity index (χ2v) is 7.08. The van der Waals surface area contributed by atoms with Crippen molar-refractivity contribution in [2.75, 3.05) is 5.32 Å². The van der Waals surface area contributed by atoms with Gasteiger partial charge in [-0.3, -0.25) is 14.9 Å². The summed E-state index contributed by atoms with van der Waals surface area (Å²) in [6.45, 7) is 1.17. The van der Waals surface area contributed by atoms with E-state index in [1.165, 1.54) is 31.2 Å². The molecular formula is C16H11Br2ClN2O5. The molecule has 0 atom stereocenters. The van der Waals surface area contributed by atoms with Crippen molar-refractivity contribution in [3.8, 4) is 11.5 Å². The average molecular weight is 507 g/mol. The monoisotopic (exact) mass is 504 g/mol. The summed E-state index contributed by atoms with van der Waals surface area (Å²) in [4.78, 5) is 35.6. The first-order valence-electron chi connectivity index (χ1n) is 6.96. The molecule has 0 radical (unpaired) electrons. The molecule has 3 amide bonds. The zero-order chi connectivity index (χ0) is 19.4. The van der Waals surface area contributed by atoms with Crippen LogP contribution in [0.5, 0.6) is 11.5 Å². The van der Waals surface area contributed by atoms with Gasteiger partial charge in [0.25, 0.3) is 5.91 Å². The largest absolute Gasteiger partial charge is 0.505 e. The van der Waals surface area contributed by atoms with Crippen LogP contribution in [-0.4, -0.2) is 23.0 Å². The van der Waals surface area contributed by atoms with Gasteiger partial charge >= 0.3 is 12.0 Å². The van der Waals surface area contributed by atoms with Crippen LogP contribution in [0.25, 0.3) is 0 Å². The van der Waals surface area contributed by atoms with E-state index >= 15 is 0 Å². The molecule has 0 aliphatic carbocycles. The summed E-state index contributed by atoms with van der Waals surface area (Å²) in [6.07, 6.45) is 0. The third kappa shape index (κ3) is 4.96. The number of phenolic OH excluding ortho intramolecular Hbond substituents is 1.